The molecule has 2 rings (SSSR count). The second-order valence-corrected chi connectivity index (χ2v) is 7.15. The molecule has 116 valence electrons. The van der Waals surface area contributed by atoms with Gasteiger partial charge in [0.1, 0.15) is 0 Å². The smallest absolute Gasteiger partial charge is 0.225 e. The lowest BCUT2D eigenvalue weighted by molar-refractivity contribution is -0.129. The van der Waals surface area contributed by atoms with Crippen molar-refractivity contribution in [3.8, 4) is 0 Å². The van der Waals surface area contributed by atoms with E-state index < -0.39 is 0 Å². The summed E-state index contributed by atoms with van der Waals surface area (Å²) in [5.41, 5.74) is -0.0741. The molecule has 0 aromatic heterocycles. The molecule has 1 N–H and O–H groups in total. The molecule has 2 aliphatic carbocycles. The fourth-order valence-corrected chi connectivity index (χ4v) is 3.83. The van der Waals surface area contributed by atoms with Gasteiger partial charge in [-0.3, -0.25) is 4.79 Å². The Morgan fingerprint density at radius 1 is 1.15 bits per heavy atom. The van der Waals surface area contributed by atoms with Crippen LogP contribution >= 0.6 is 0 Å². The maximum Gasteiger partial charge on any atom is 0.225 e. The van der Waals surface area contributed by atoms with Gasteiger partial charge in [0.15, 0.2) is 0 Å². The molecular weight excluding hydrogens is 248 g/mol. The Labute approximate surface area is 124 Å². The first-order chi connectivity index (χ1) is 9.62. The van der Waals surface area contributed by atoms with Crippen molar-refractivity contribution in [1.82, 2.24) is 10.2 Å². The third-order valence-corrected chi connectivity index (χ3v) is 5.43. The Bertz CT molecular complexity index is 304. The maximum atomic E-state index is 12.2. The number of amides is 1. The fraction of sp³-hybridized carbons (Fsp3) is 0.941. The predicted octanol–water partition coefficient (Wildman–Crippen LogP) is 3.34. The van der Waals surface area contributed by atoms with Crippen molar-refractivity contribution in [2.75, 3.05) is 20.1 Å². The molecule has 2 saturated carbocycles. The summed E-state index contributed by atoms with van der Waals surface area (Å²) in [6.45, 7) is 4.08. The molecule has 3 nitrogen and oxygen atoms in total. The summed E-state index contributed by atoms with van der Waals surface area (Å²) in [5, 5.41) is 3.16. The second kappa shape index (κ2) is 7.44. The van der Waals surface area contributed by atoms with Crippen LogP contribution in [-0.2, 0) is 4.79 Å². The average molecular weight is 280 g/mol. The van der Waals surface area contributed by atoms with Gasteiger partial charge in [0.05, 0.1) is 0 Å². The molecule has 0 aromatic rings. The SMILES string of the molecule is CN(CCCNC(=O)C1(C)CCCC1)C1CCCCC1. The first-order valence-electron chi connectivity index (χ1n) is 8.60. The summed E-state index contributed by atoms with van der Waals surface area (Å²) in [6.07, 6.45) is 12.6. The monoisotopic (exact) mass is 280 g/mol. The molecule has 0 atom stereocenters. The van der Waals surface area contributed by atoms with Gasteiger partial charge in [-0.2, -0.15) is 0 Å². The number of rotatable bonds is 6. The highest BCUT2D eigenvalue weighted by Gasteiger charge is 2.35. The van der Waals surface area contributed by atoms with E-state index in [1.807, 2.05) is 0 Å². The van der Waals surface area contributed by atoms with E-state index in [4.69, 9.17) is 0 Å². The Kier molecular flexibility index (Phi) is 5.88. The third kappa shape index (κ3) is 4.21. The number of nitrogens with zero attached hydrogens (tertiary/aromatic N) is 1. The van der Waals surface area contributed by atoms with Crippen LogP contribution in [-0.4, -0.2) is 37.0 Å². The summed E-state index contributed by atoms with van der Waals surface area (Å²) < 4.78 is 0. The van der Waals surface area contributed by atoms with Crippen LogP contribution in [0.2, 0.25) is 0 Å². The molecule has 0 saturated heterocycles. The standard InChI is InChI=1S/C17H32N2O/c1-17(11-6-7-12-17)16(20)18-13-8-14-19(2)15-9-4-3-5-10-15/h15H,3-14H2,1-2H3,(H,18,20). The van der Waals surface area contributed by atoms with Crippen LogP contribution in [0.25, 0.3) is 0 Å². The largest absolute Gasteiger partial charge is 0.356 e. The molecule has 2 fully saturated rings. The van der Waals surface area contributed by atoms with Gasteiger partial charge in [0.2, 0.25) is 5.91 Å². The zero-order valence-corrected chi connectivity index (χ0v) is 13.4. The summed E-state index contributed by atoms with van der Waals surface area (Å²) in [7, 11) is 2.25. The average Bonchev–Trinajstić information content (AvgIpc) is 2.92. The second-order valence-electron chi connectivity index (χ2n) is 7.15. The van der Waals surface area contributed by atoms with E-state index in [1.165, 1.54) is 44.9 Å². The van der Waals surface area contributed by atoms with E-state index in [-0.39, 0.29) is 11.3 Å². The Morgan fingerprint density at radius 2 is 1.80 bits per heavy atom. The highest BCUT2D eigenvalue weighted by Crippen LogP contribution is 2.37. The van der Waals surface area contributed by atoms with Crippen molar-refractivity contribution in [2.24, 2.45) is 5.41 Å². The molecule has 0 spiro atoms. The minimum atomic E-state index is -0.0741. The molecule has 0 aliphatic heterocycles. The lowest BCUT2D eigenvalue weighted by Gasteiger charge is -2.31. The zero-order valence-electron chi connectivity index (χ0n) is 13.4. The van der Waals surface area contributed by atoms with Gasteiger partial charge in [-0.25, -0.2) is 0 Å². The Hall–Kier alpha value is -0.570. The first kappa shape index (κ1) is 15.8. The van der Waals surface area contributed by atoms with Crippen LogP contribution in [0, 0.1) is 5.41 Å². The van der Waals surface area contributed by atoms with Gasteiger partial charge in [-0.1, -0.05) is 39.0 Å². The summed E-state index contributed by atoms with van der Waals surface area (Å²) in [6, 6.07) is 0.784. The maximum absolute atomic E-state index is 12.2. The van der Waals surface area contributed by atoms with Crippen LogP contribution in [0.1, 0.15) is 71.1 Å². The van der Waals surface area contributed by atoms with Crippen molar-refractivity contribution in [3.05, 3.63) is 0 Å². The van der Waals surface area contributed by atoms with E-state index in [0.717, 1.165) is 38.4 Å². The van der Waals surface area contributed by atoms with Crippen molar-refractivity contribution in [1.29, 1.82) is 0 Å². The first-order valence-corrected chi connectivity index (χ1v) is 8.60. The molecule has 0 bridgehead atoms. The highest BCUT2D eigenvalue weighted by atomic mass is 16.2. The Balaban J connectivity index is 1.59. The minimum absolute atomic E-state index is 0.0741. The van der Waals surface area contributed by atoms with E-state index >= 15 is 0 Å². The van der Waals surface area contributed by atoms with Gasteiger partial charge in [-0.05, 0) is 45.7 Å². The van der Waals surface area contributed by atoms with Crippen molar-refractivity contribution in [3.63, 3.8) is 0 Å². The van der Waals surface area contributed by atoms with E-state index in [9.17, 15) is 4.79 Å². The van der Waals surface area contributed by atoms with Gasteiger partial charge in [0.25, 0.3) is 0 Å². The van der Waals surface area contributed by atoms with E-state index in [2.05, 4.69) is 24.2 Å². The lowest BCUT2D eigenvalue weighted by Crippen LogP contribution is -2.39. The van der Waals surface area contributed by atoms with Crippen LogP contribution < -0.4 is 5.32 Å². The number of carbonyl (C=O) groups excluding carboxylic acids is 1. The Morgan fingerprint density at radius 3 is 2.45 bits per heavy atom. The van der Waals surface area contributed by atoms with E-state index in [1.54, 1.807) is 0 Å². The number of nitrogens with one attached hydrogen (secondary N) is 1. The molecule has 1 amide bonds. The lowest BCUT2D eigenvalue weighted by atomic mass is 9.88. The summed E-state index contributed by atoms with van der Waals surface area (Å²) in [5.74, 6) is 0.287. The zero-order chi connectivity index (χ0) is 14.4. The summed E-state index contributed by atoms with van der Waals surface area (Å²) in [4.78, 5) is 14.7. The fourth-order valence-electron chi connectivity index (χ4n) is 3.83. The molecule has 0 radical (unpaired) electrons. The van der Waals surface area contributed by atoms with Gasteiger partial charge in [-0.15, -0.1) is 0 Å². The topological polar surface area (TPSA) is 32.3 Å². The third-order valence-electron chi connectivity index (χ3n) is 5.43. The van der Waals surface area contributed by atoms with E-state index in [0.29, 0.717) is 0 Å². The van der Waals surface area contributed by atoms with Crippen LogP contribution in [0.5, 0.6) is 0 Å². The van der Waals surface area contributed by atoms with Crippen LogP contribution in [0.3, 0.4) is 0 Å². The highest BCUT2D eigenvalue weighted by molar-refractivity contribution is 5.82. The van der Waals surface area contributed by atoms with Gasteiger partial charge >= 0.3 is 0 Å². The number of hydrogen-bond donors (Lipinski definition) is 1. The van der Waals surface area contributed by atoms with Gasteiger partial charge < -0.3 is 10.2 Å². The molecule has 0 aromatic carbocycles. The predicted molar refractivity (Wildman–Crippen MR) is 83.7 cm³/mol. The minimum Gasteiger partial charge on any atom is -0.356 e. The number of carbonyl (C=O) groups is 1. The molecule has 0 heterocycles. The van der Waals surface area contributed by atoms with Crippen LogP contribution in [0.4, 0.5) is 0 Å². The molecule has 3 heteroatoms. The van der Waals surface area contributed by atoms with Crippen molar-refractivity contribution < 1.29 is 4.79 Å². The van der Waals surface area contributed by atoms with Gasteiger partial charge in [0, 0.05) is 18.0 Å². The van der Waals surface area contributed by atoms with Crippen molar-refractivity contribution >= 4 is 5.91 Å². The van der Waals surface area contributed by atoms with Crippen molar-refractivity contribution in [2.45, 2.75) is 77.2 Å². The number of hydrogen-bond acceptors (Lipinski definition) is 2. The normalized spacial score (nSPS) is 23.1. The molecular formula is C17H32N2O. The quantitative estimate of drug-likeness (QED) is 0.757. The summed E-state index contributed by atoms with van der Waals surface area (Å²) >= 11 is 0. The molecule has 2 aliphatic rings. The molecule has 0 unspecified atom stereocenters. The molecule has 20 heavy (non-hydrogen) atoms. The van der Waals surface area contributed by atoms with Crippen LogP contribution in [0.15, 0.2) is 0 Å².